The molecule has 0 radical (unpaired) electrons. The largest absolute Gasteiger partial charge is 0.396 e. The van der Waals surface area contributed by atoms with Crippen molar-refractivity contribution in [1.82, 2.24) is 0 Å². The molecule has 0 aromatic carbocycles. The van der Waals surface area contributed by atoms with E-state index in [1.165, 1.54) is 11.8 Å². The summed E-state index contributed by atoms with van der Waals surface area (Å²) in [6.07, 6.45) is 0. The number of thioether (sulfide) groups is 1. The van der Waals surface area contributed by atoms with E-state index in [-0.39, 0.29) is 17.6 Å². The molecule has 0 saturated carbocycles. The molecule has 54 valence electrons. The molecule has 2 nitrogen and oxygen atoms in total. The van der Waals surface area contributed by atoms with E-state index in [9.17, 15) is 4.79 Å². The van der Waals surface area contributed by atoms with Crippen LogP contribution in [0.15, 0.2) is 0 Å². The molecule has 0 aliphatic carbocycles. The normalized spacial score (nSPS) is 10.2. The van der Waals surface area contributed by atoms with Crippen molar-refractivity contribution >= 4 is 16.9 Å². The van der Waals surface area contributed by atoms with E-state index in [1.807, 2.05) is 13.8 Å². The van der Waals surface area contributed by atoms with Gasteiger partial charge in [-0.25, -0.2) is 0 Å². The van der Waals surface area contributed by atoms with Crippen LogP contribution in [-0.4, -0.2) is 22.6 Å². The van der Waals surface area contributed by atoms with Crippen LogP contribution in [-0.2, 0) is 4.79 Å². The molecule has 1 N–H and O–H groups in total. The van der Waals surface area contributed by atoms with Crippen LogP contribution in [0.5, 0.6) is 0 Å². The number of hydrogen-bond donors (Lipinski definition) is 1. The van der Waals surface area contributed by atoms with Crippen LogP contribution in [0.1, 0.15) is 13.8 Å². The Kier molecular flexibility index (Phi) is 4.81. The molecule has 9 heavy (non-hydrogen) atoms. The predicted octanol–water partition coefficient (Wildman–Crippen LogP) is 0.895. The summed E-state index contributed by atoms with van der Waals surface area (Å²) in [6, 6.07) is 0. The van der Waals surface area contributed by atoms with Crippen LogP contribution in [0.25, 0.3) is 0 Å². The fourth-order valence-electron chi connectivity index (χ4n) is 0.313. The molecule has 0 spiro atoms. The Morgan fingerprint density at radius 1 is 1.67 bits per heavy atom. The van der Waals surface area contributed by atoms with Gasteiger partial charge in [-0.2, -0.15) is 0 Å². The lowest BCUT2D eigenvalue weighted by molar-refractivity contribution is -0.113. The van der Waals surface area contributed by atoms with E-state index < -0.39 is 0 Å². The lowest BCUT2D eigenvalue weighted by Gasteiger charge is -1.99. The lowest BCUT2D eigenvalue weighted by Crippen LogP contribution is -2.03. The molecule has 0 bridgehead atoms. The van der Waals surface area contributed by atoms with Crippen LogP contribution < -0.4 is 0 Å². The summed E-state index contributed by atoms with van der Waals surface area (Å²) in [7, 11) is 0. The van der Waals surface area contributed by atoms with Gasteiger partial charge in [0.05, 0.1) is 6.61 Å². The van der Waals surface area contributed by atoms with E-state index >= 15 is 0 Å². The van der Waals surface area contributed by atoms with Gasteiger partial charge in [0, 0.05) is 11.7 Å². The zero-order valence-electron chi connectivity index (χ0n) is 5.76. The molecule has 0 unspecified atom stereocenters. The Hall–Kier alpha value is -0.0200. The van der Waals surface area contributed by atoms with Crippen LogP contribution >= 0.6 is 11.8 Å². The van der Waals surface area contributed by atoms with Crippen molar-refractivity contribution in [2.45, 2.75) is 13.8 Å². The van der Waals surface area contributed by atoms with Gasteiger partial charge in [-0.05, 0) is 0 Å². The molecule has 3 heteroatoms. The van der Waals surface area contributed by atoms with E-state index in [1.54, 1.807) is 0 Å². The van der Waals surface area contributed by atoms with Gasteiger partial charge in [0.25, 0.3) is 0 Å². The molecular formula is C6H12O2S. The van der Waals surface area contributed by atoms with Gasteiger partial charge >= 0.3 is 0 Å². The third kappa shape index (κ3) is 4.48. The SMILES string of the molecule is CC(C)C(=O)SCCO. The molecule has 0 amide bonds. The summed E-state index contributed by atoms with van der Waals surface area (Å²) in [5.41, 5.74) is 0. The van der Waals surface area contributed by atoms with Crippen molar-refractivity contribution in [1.29, 1.82) is 0 Å². The van der Waals surface area contributed by atoms with Gasteiger partial charge < -0.3 is 5.11 Å². The van der Waals surface area contributed by atoms with E-state index in [0.29, 0.717) is 5.75 Å². The Morgan fingerprint density at radius 2 is 2.22 bits per heavy atom. The zero-order valence-corrected chi connectivity index (χ0v) is 6.57. The second-order valence-corrected chi connectivity index (χ2v) is 3.15. The summed E-state index contributed by atoms with van der Waals surface area (Å²) in [4.78, 5) is 10.8. The second kappa shape index (κ2) is 4.82. The predicted molar refractivity (Wildman–Crippen MR) is 39.4 cm³/mol. The first-order valence-corrected chi connectivity index (χ1v) is 3.94. The molecule has 0 aromatic heterocycles. The van der Waals surface area contributed by atoms with Gasteiger partial charge in [0.2, 0.25) is 0 Å². The quantitative estimate of drug-likeness (QED) is 0.646. The average molecular weight is 148 g/mol. The number of carbonyl (C=O) groups is 1. The van der Waals surface area contributed by atoms with Gasteiger partial charge in [-0.1, -0.05) is 25.6 Å². The zero-order chi connectivity index (χ0) is 7.28. The molecular weight excluding hydrogens is 136 g/mol. The Balaban J connectivity index is 3.28. The van der Waals surface area contributed by atoms with Gasteiger partial charge in [-0.3, -0.25) is 4.79 Å². The average Bonchev–Trinajstić information content (AvgIpc) is 1.82. The monoisotopic (exact) mass is 148 g/mol. The maximum atomic E-state index is 10.8. The fraction of sp³-hybridized carbons (Fsp3) is 0.833. The Bertz CT molecular complexity index is 91.1. The number of aliphatic hydroxyl groups excluding tert-OH is 1. The van der Waals surface area contributed by atoms with E-state index in [2.05, 4.69) is 0 Å². The third-order valence-electron chi connectivity index (χ3n) is 0.807. The van der Waals surface area contributed by atoms with Crippen molar-refractivity contribution in [2.75, 3.05) is 12.4 Å². The number of aliphatic hydroxyl groups is 1. The minimum Gasteiger partial charge on any atom is -0.396 e. The molecule has 0 aliphatic heterocycles. The molecule has 0 saturated heterocycles. The molecule has 0 aliphatic rings. The third-order valence-corrected chi connectivity index (χ3v) is 1.95. The number of rotatable bonds is 3. The van der Waals surface area contributed by atoms with Crippen molar-refractivity contribution in [3.63, 3.8) is 0 Å². The van der Waals surface area contributed by atoms with Crippen LogP contribution in [0.2, 0.25) is 0 Å². The molecule has 0 atom stereocenters. The summed E-state index contributed by atoms with van der Waals surface area (Å²) in [5.74, 6) is 0.610. The molecule has 0 fully saturated rings. The van der Waals surface area contributed by atoms with Gasteiger partial charge in [0.1, 0.15) is 0 Å². The van der Waals surface area contributed by atoms with E-state index in [4.69, 9.17) is 5.11 Å². The first-order valence-electron chi connectivity index (χ1n) is 2.96. The summed E-state index contributed by atoms with van der Waals surface area (Å²) in [5, 5.41) is 8.48. The summed E-state index contributed by atoms with van der Waals surface area (Å²) in [6.45, 7) is 3.79. The molecule has 0 rings (SSSR count). The van der Waals surface area contributed by atoms with Crippen molar-refractivity contribution in [3.8, 4) is 0 Å². The maximum absolute atomic E-state index is 10.8. The van der Waals surface area contributed by atoms with E-state index in [0.717, 1.165) is 0 Å². The summed E-state index contributed by atoms with van der Waals surface area (Å²) >= 11 is 1.20. The van der Waals surface area contributed by atoms with Crippen molar-refractivity contribution in [3.05, 3.63) is 0 Å². The highest BCUT2D eigenvalue weighted by Gasteiger charge is 2.05. The lowest BCUT2D eigenvalue weighted by atomic mass is 10.3. The minimum absolute atomic E-state index is 0.0848. The van der Waals surface area contributed by atoms with Crippen molar-refractivity contribution < 1.29 is 9.90 Å². The first kappa shape index (κ1) is 8.98. The van der Waals surface area contributed by atoms with Crippen LogP contribution in [0.3, 0.4) is 0 Å². The fourth-order valence-corrected chi connectivity index (χ4v) is 0.939. The first-order chi connectivity index (χ1) is 4.18. The highest BCUT2D eigenvalue weighted by molar-refractivity contribution is 8.13. The van der Waals surface area contributed by atoms with Crippen molar-refractivity contribution in [2.24, 2.45) is 5.92 Å². The van der Waals surface area contributed by atoms with Crippen LogP contribution in [0.4, 0.5) is 0 Å². The van der Waals surface area contributed by atoms with Gasteiger partial charge in [-0.15, -0.1) is 0 Å². The highest BCUT2D eigenvalue weighted by Crippen LogP contribution is 2.08. The Labute approximate surface area is 59.6 Å². The Morgan fingerprint density at radius 3 is 2.56 bits per heavy atom. The molecule has 0 heterocycles. The number of carbonyl (C=O) groups excluding carboxylic acids is 1. The smallest absolute Gasteiger partial charge is 0.191 e. The summed E-state index contributed by atoms with van der Waals surface area (Å²) < 4.78 is 0. The van der Waals surface area contributed by atoms with Crippen LogP contribution in [0, 0.1) is 5.92 Å². The highest BCUT2D eigenvalue weighted by atomic mass is 32.2. The second-order valence-electron chi connectivity index (χ2n) is 2.05. The standard InChI is InChI=1S/C6H12O2S/c1-5(2)6(8)9-4-3-7/h5,7H,3-4H2,1-2H3. The molecule has 0 aromatic rings. The number of hydrogen-bond acceptors (Lipinski definition) is 3. The maximum Gasteiger partial charge on any atom is 0.191 e. The topological polar surface area (TPSA) is 37.3 Å². The minimum atomic E-state index is 0.0848. The van der Waals surface area contributed by atoms with Gasteiger partial charge in [0.15, 0.2) is 5.12 Å².